The first kappa shape index (κ1) is 20.5. The molecule has 0 fully saturated rings. The highest BCUT2D eigenvalue weighted by molar-refractivity contribution is 14.1. The molecule has 4 N–H and O–H groups in total. The summed E-state index contributed by atoms with van der Waals surface area (Å²) in [5.74, 6) is -0.565. The molecule has 0 saturated carbocycles. The first-order chi connectivity index (χ1) is 11.2. The van der Waals surface area contributed by atoms with Gasteiger partial charge in [0.2, 0.25) is 0 Å². The van der Waals surface area contributed by atoms with Gasteiger partial charge in [-0.2, -0.15) is 0 Å². The third-order valence-electron chi connectivity index (χ3n) is 3.17. The summed E-state index contributed by atoms with van der Waals surface area (Å²) in [4.78, 5) is 11.6. The van der Waals surface area contributed by atoms with Gasteiger partial charge in [-0.25, -0.2) is 4.79 Å². The topological polar surface area (TPSA) is 89.8 Å². The van der Waals surface area contributed by atoms with Gasteiger partial charge >= 0.3 is 5.97 Å². The summed E-state index contributed by atoms with van der Waals surface area (Å²) in [6.45, 7) is 0. The Morgan fingerprint density at radius 3 is 1.75 bits per heavy atom. The van der Waals surface area contributed by atoms with Crippen LogP contribution in [0.25, 0.3) is 0 Å². The van der Waals surface area contributed by atoms with Crippen LogP contribution in [-0.4, -0.2) is 27.3 Å². The highest BCUT2D eigenvalue weighted by Crippen LogP contribution is 2.31. The van der Waals surface area contributed by atoms with Gasteiger partial charge in [-0.1, -0.05) is 0 Å². The van der Waals surface area contributed by atoms with Gasteiger partial charge in [-0.15, -0.1) is 0 Å². The number of carbonyl (C=O) groups is 1. The van der Waals surface area contributed by atoms with E-state index in [1.807, 2.05) is 90.4 Å². The second-order valence-electron chi connectivity index (χ2n) is 4.94. The zero-order chi connectivity index (χ0) is 18.0. The maximum atomic E-state index is 11.6. The minimum Gasteiger partial charge on any atom is -0.506 e. The highest BCUT2D eigenvalue weighted by atomic mass is 127. The van der Waals surface area contributed by atoms with Crippen LogP contribution in [0.3, 0.4) is 0 Å². The molecule has 2 aromatic rings. The van der Waals surface area contributed by atoms with Gasteiger partial charge in [0.05, 0.1) is 14.3 Å². The van der Waals surface area contributed by atoms with Gasteiger partial charge in [0, 0.05) is 12.1 Å². The van der Waals surface area contributed by atoms with Crippen LogP contribution in [0.15, 0.2) is 24.3 Å². The molecule has 0 amide bonds. The second-order valence-corrected chi connectivity index (χ2v) is 9.58. The standard InChI is InChI=1S/C15H11I4NO4/c16-8-1-6(2-9(17)13(8)21)3-12(15(23)24)20-7-4-10(18)14(22)11(19)5-7/h1-2,4-5,12,20-22H,3H2,(H,23,24)/t12-/m0/s1. The van der Waals surface area contributed by atoms with Crippen molar-refractivity contribution in [3.8, 4) is 11.5 Å². The molecule has 0 spiro atoms. The van der Waals surface area contributed by atoms with E-state index in [1.54, 1.807) is 24.3 Å². The summed E-state index contributed by atoms with van der Waals surface area (Å²) in [5.41, 5.74) is 1.46. The molecule has 0 saturated heterocycles. The Morgan fingerprint density at radius 1 is 0.917 bits per heavy atom. The molecule has 0 unspecified atom stereocenters. The molecule has 9 heteroatoms. The second kappa shape index (κ2) is 8.75. The fraction of sp³-hybridized carbons (Fsp3) is 0.133. The Labute approximate surface area is 193 Å². The quantitative estimate of drug-likeness (QED) is 0.263. The number of rotatable bonds is 5. The van der Waals surface area contributed by atoms with Crippen molar-refractivity contribution >= 4 is 102 Å². The maximum Gasteiger partial charge on any atom is 0.326 e. The van der Waals surface area contributed by atoms with E-state index in [0.717, 1.165) is 5.56 Å². The van der Waals surface area contributed by atoms with Crippen molar-refractivity contribution in [1.82, 2.24) is 0 Å². The van der Waals surface area contributed by atoms with Crippen LogP contribution in [-0.2, 0) is 11.2 Å². The first-order valence-electron chi connectivity index (χ1n) is 6.53. The Hall–Kier alpha value is 0.230. The lowest BCUT2D eigenvalue weighted by molar-refractivity contribution is -0.137. The molecule has 1 atom stereocenters. The minimum atomic E-state index is -0.966. The number of carboxylic acid groups (broad SMARTS) is 1. The van der Waals surface area contributed by atoms with Crippen molar-refractivity contribution in [3.63, 3.8) is 0 Å². The Kier molecular flexibility index (Phi) is 7.49. The molecule has 0 aliphatic carbocycles. The zero-order valence-electron chi connectivity index (χ0n) is 11.9. The van der Waals surface area contributed by atoms with Crippen LogP contribution >= 0.6 is 90.4 Å². The number of carboxylic acids is 1. The predicted octanol–water partition coefficient (Wildman–Crippen LogP) is 4.62. The summed E-state index contributed by atoms with van der Waals surface area (Å²) in [6, 6.07) is 6.15. The predicted molar refractivity (Wildman–Crippen MR) is 126 cm³/mol. The highest BCUT2D eigenvalue weighted by Gasteiger charge is 2.20. The molecule has 0 aliphatic rings. The van der Waals surface area contributed by atoms with Crippen molar-refractivity contribution in [3.05, 3.63) is 44.1 Å². The van der Waals surface area contributed by atoms with E-state index in [-0.39, 0.29) is 17.9 Å². The number of phenolic OH excluding ortho intramolecular Hbond substituents is 2. The van der Waals surface area contributed by atoms with E-state index < -0.39 is 12.0 Å². The third-order valence-corrected chi connectivity index (χ3v) is 6.46. The van der Waals surface area contributed by atoms with Crippen molar-refractivity contribution in [1.29, 1.82) is 0 Å². The molecule has 2 rings (SSSR count). The minimum absolute atomic E-state index is 0.191. The van der Waals surface area contributed by atoms with Gasteiger partial charge < -0.3 is 20.6 Å². The number of benzene rings is 2. The average molecular weight is 777 g/mol. The molecule has 0 heterocycles. The molecule has 128 valence electrons. The van der Waals surface area contributed by atoms with Gasteiger partial charge in [0.25, 0.3) is 0 Å². The van der Waals surface area contributed by atoms with E-state index in [0.29, 0.717) is 20.0 Å². The van der Waals surface area contributed by atoms with Crippen molar-refractivity contribution in [2.24, 2.45) is 0 Å². The number of phenols is 2. The van der Waals surface area contributed by atoms with E-state index >= 15 is 0 Å². The number of hydrogen-bond acceptors (Lipinski definition) is 4. The lowest BCUT2D eigenvalue weighted by atomic mass is 10.1. The van der Waals surface area contributed by atoms with Crippen LogP contribution in [0.1, 0.15) is 5.56 Å². The average Bonchev–Trinajstić information content (AvgIpc) is 2.49. The third kappa shape index (κ3) is 5.12. The van der Waals surface area contributed by atoms with E-state index in [1.165, 1.54) is 0 Å². The van der Waals surface area contributed by atoms with E-state index in [2.05, 4.69) is 5.32 Å². The molecule has 0 aromatic heterocycles. The number of aliphatic carboxylic acids is 1. The van der Waals surface area contributed by atoms with Crippen molar-refractivity contribution < 1.29 is 20.1 Å². The van der Waals surface area contributed by atoms with Crippen LogP contribution in [0.4, 0.5) is 5.69 Å². The number of anilines is 1. The summed E-state index contributed by atoms with van der Waals surface area (Å²) < 4.78 is 2.68. The molecule has 24 heavy (non-hydrogen) atoms. The molecule has 2 aromatic carbocycles. The SMILES string of the molecule is O=C(O)[C@H](Cc1cc(I)c(O)c(I)c1)Nc1cc(I)c(O)c(I)c1. The molecule has 0 bridgehead atoms. The number of nitrogens with one attached hydrogen (secondary N) is 1. The summed E-state index contributed by atoms with van der Waals surface area (Å²) in [5, 5.41) is 32.2. The lowest BCUT2D eigenvalue weighted by Crippen LogP contribution is -2.31. The monoisotopic (exact) mass is 777 g/mol. The fourth-order valence-electron chi connectivity index (χ4n) is 2.02. The summed E-state index contributed by atoms with van der Waals surface area (Å²) >= 11 is 8.05. The summed E-state index contributed by atoms with van der Waals surface area (Å²) in [7, 11) is 0. The van der Waals surface area contributed by atoms with Crippen molar-refractivity contribution in [2.45, 2.75) is 12.5 Å². The normalized spacial score (nSPS) is 12.0. The number of hydrogen-bond donors (Lipinski definition) is 4. The smallest absolute Gasteiger partial charge is 0.326 e. The van der Waals surface area contributed by atoms with Gasteiger partial charge in [-0.05, 0) is 120 Å². The summed E-state index contributed by atoms with van der Waals surface area (Å²) in [6.07, 6.45) is 0.273. The fourth-order valence-corrected chi connectivity index (χ4v) is 5.69. The largest absolute Gasteiger partial charge is 0.506 e. The van der Waals surface area contributed by atoms with Gasteiger partial charge in [0.15, 0.2) is 0 Å². The van der Waals surface area contributed by atoms with Crippen LogP contribution in [0, 0.1) is 14.3 Å². The molecular formula is C15H11I4NO4. The molecule has 0 radical (unpaired) electrons. The lowest BCUT2D eigenvalue weighted by Gasteiger charge is -2.17. The van der Waals surface area contributed by atoms with E-state index in [9.17, 15) is 20.1 Å². The van der Waals surface area contributed by atoms with Crippen LogP contribution < -0.4 is 5.32 Å². The van der Waals surface area contributed by atoms with Crippen LogP contribution in [0.2, 0.25) is 0 Å². The number of aromatic hydroxyl groups is 2. The van der Waals surface area contributed by atoms with E-state index in [4.69, 9.17) is 0 Å². The van der Waals surface area contributed by atoms with Gasteiger partial charge in [-0.3, -0.25) is 0 Å². The molecule has 5 nitrogen and oxygen atoms in total. The molecule has 0 aliphatic heterocycles. The van der Waals surface area contributed by atoms with Crippen LogP contribution in [0.5, 0.6) is 11.5 Å². The number of halogens is 4. The Bertz CT molecular complexity index is 692. The Morgan fingerprint density at radius 2 is 1.33 bits per heavy atom. The van der Waals surface area contributed by atoms with Crippen molar-refractivity contribution in [2.75, 3.05) is 5.32 Å². The first-order valence-corrected chi connectivity index (χ1v) is 10.8. The zero-order valence-corrected chi connectivity index (χ0v) is 20.5. The van der Waals surface area contributed by atoms with Gasteiger partial charge in [0.1, 0.15) is 17.5 Å². The molecular weight excluding hydrogens is 766 g/mol. The Balaban J connectivity index is 2.26. The maximum absolute atomic E-state index is 11.6.